The van der Waals surface area contributed by atoms with Crippen molar-refractivity contribution in [3.8, 4) is 0 Å². The summed E-state index contributed by atoms with van der Waals surface area (Å²) in [7, 11) is 0. The quantitative estimate of drug-likeness (QED) is 0.554. The monoisotopic (exact) mass is 127 g/mol. The molecule has 4 heteroatoms. The molecule has 3 N–H and O–H groups in total. The maximum Gasteiger partial charge on any atom is 0.110 e. The number of nitrogens with two attached hydrogens (primary N) is 1. The van der Waals surface area contributed by atoms with Crippen molar-refractivity contribution in [2.45, 2.75) is 13.5 Å². The van der Waals surface area contributed by atoms with Gasteiger partial charge in [-0.05, 0) is 6.92 Å². The molecule has 0 unspecified atom stereocenters. The number of aromatic nitrogens is 2. The van der Waals surface area contributed by atoms with Crippen LogP contribution >= 0.6 is 0 Å². The van der Waals surface area contributed by atoms with E-state index in [0.717, 1.165) is 11.4 Å². The Labute approximate surface area is 53.0 Å². The number of aromatic amines is 1. The lowest BCUT2D eigenvalue weighted by molar-refractivity contribution is 0.121. The average molecular weight is 127 g/mol. The van der Waals surface area contributed by atoms with Gasteiger partial charge in [-0.3, -0.25) is 4.84 Å². The molecule has 50 valence electrons. The van der Waals surface area contributed by atoms with Crippen LogP contribution in [0.25, 0.3) is 0 Å². The van der Waals surface area contributed by atoms with Crippen LogP contribution in [0.2, 0.25) is 0 Å². The van der Waals surface area contributed by atoms with Gasteiger partial charge in [-0.1, -0.05) is 0 Å². The molecule has 0 fully saturated rings. The highest BCUT2D eigenvalue weighted by molar-refractivity contribution is 5.06. The third kappa shape index (κ3) is 1.28. The van der Waals surface area contributed by atoms with Crippen molar-refractivity contribution in [2.75, 3.05) is 0 Å². The second kappa shape index (κ2) is 2.61. The number of nitrogens with zero attached hydrogens (tertiary/aromatic N) is 1. The molecule has 0 amide bonds. The van der Waals surface area contributed by atoms with Crippen molar-refractivity contribution in [3.05, 3.63) is 17.7 Å². The zero-order valence-corrected chi connectivity index (χ0v) is 5.22. The van der Waals surface area contributed by atoms with E-state index in [4.69, 9.17) is 5.90 Å². The number of H-pyrrole nitrogens is 1. The molecule has 1 aromatic rings. The van der Waals surface area contributed by atoms with E-state index in [0.29, 0.717) is 6.61 Å². The minimum Gasteiger partial charge on any atom is -0.346 e. The Balaban J connectivity index is 2.69. The zero-order valence-electron chi connectivity index (χ0n) is 5.22. The Morgan fingerprint density at radius 3 is 3.11 bits per heavy atom. The number of nitrogens with one attached hydrogen (secondary N) is 1. The maximum absolute atomic E-state index is 4.84. The Kier molecular flexibility index (Phi) is 1.81. The molecule has 0 aliphatic carbocycles. The van der Waals surface area contributed by atoms with Gasteiger partial charge in [0.25, 0.3) is 0 Å². The largest absolute Gasteiger partial charge is 0.346 e. The highest BCUT2D eigenvalue weighted by Crippen LogP contribution is 1.99. The second-order valence-corrected chi connectivity index (χ2v) is 1.78. The fourth-order valence-electron chi connectivity index (χ4n) is 0.619. The van der Waals surface area contributed by atoms with Crippen molar-refractivity contribution in [3.63, 3.8) is 0 Å². The van der Waals surface area contributed by atoms with Crippen LogP contribution < -0.4 is 5.90 Å². The minimum absolute atomic E-state index is 0.395. The van der Waals surface area contributed by atoms with Crippen molar-refractivity contribution in [1.82, 2.24) is 9.97 Å². The predicted molar refractivity (Wildman–Crippen MR) is 32.3 cm³/mol. The molecule has 9 heavy (non-hydrogen) atoms. The predicted octanol–water partition coefficient (Wildman–Crippen LogP) is 0.108. The van der Waals surface area contributed by atoms with Crippen molar-refractivity contribution in [2.24, 2.45) is 5.90 Å². The van der Waals surface area contributed by atoms with E-state index >= 15 is 0 Å². The SMILES string of the molecule is Cc1nc[nH]c1CON. The smallest absolute Gasteiger partial charge is 0.110 e. The number of hydrogen-bond acceptors (Lipinski definition) is 3. The van der Waals surface area contributed by atoms with E-state index in [1.54, 1.807) is 6.33 Å². The lowest BCUT2D eigenvalue weighted by Gasteiger charge is -1.92. The zero-order chi connectivity index (χ0) is 6.69. The van der Waals surface area contributed by atoms with E-state index in [-0.39, 0.29) is 0 Å². The van der Waals surface area contributed by atoms with E-state index in [1.165, 1.54) is 0 Å². The highest BCUT2D eigenvalue weighted by Gasteiger charge is 1.96. The Morgan fingerprint density at radius 2 is 2.67 bits per heavy atom. The van der Waals surface area contributed by atoms with E-state index in [2.05, 4.69) is 14.8 Å². The van der Waals surface area contributed by atoms with Crippen LogP contribution in [0.4, 0.5) is 0 Å². The first kappa shape index (κ1) is 6.25. The van der Waals surface area contributed by atoms with Gasteiger partial charge >= 0.3 is 0 Å². The van der Waals surface area contributed by atoms with Gasteiger partial charge in [-0.15, -0.1) is 0 Å². The molecule has 0 aliphatic rings. The van der Waals surface area contributed by atoms with Crippen molar-refractivity contribution >= 4 is 0 Å². The van der Waals surface area contributed by atoms with Gasteiger partial charge in [-0.2, -0.15) is 0 Å². The van der Waals surface area contributed by atoms with Crippen LogP contribution in [0.3, 0.4) is 0 Å². The summed E-state index contributed by atoms with van der Waals surface area (Å²) < 4.78 is 0. The van der Waals surface area contributed by atoms with Crippen LogP contribution in [0.1, 0.15) is 11.4 Å². The summed E-state index contributed by atoms with van der Waals surface area (Å²) in [6, 6.07) is 0. The summed E-state index contributed by atoms with van der Waals surface area (Å²) >= 11 is 0. The van der Waals surface area contributed by atoms with Gasteiger partial charge in [0.15, 0.2) is 0 Å². The number of rotatable bonds is 2. The van der Waals surface area contributed by atoms with E-state index in [9.17, 15) is 0 Å². The van der Waals surface area contributed by atoms with Crippen LogP contribution in [0.15, 0.2) is 6.33 Å². The average Bonchev–Trinajstić information content (AvgIpc) is 2.18. The summed E-state index contributed by atoms with van der Waals surface area (Å²) in [5, 5.41) is 0. The second-order valence-electron chi connectivity index (χ2n) is 1.78. The summed E-state index contributed by atoms with van der Waals surface area (Å²) in [5.41, 5.74) is 1.86. The molecule has 1 heterocycles. The summed E-state index contributed by atoms with van der Waals surface area (Å²) in [4.78, 5) is 11.2. The molecule has 0 spiro atoms. The molecule has 0 saturated heterocycles. The standard InChI is InChI=1S/C5H9N3O/c1-4-5(2-9-6)8-3-7-4/h3H,2,6H2,1H3,(H,7,8). The van der Waals surface area contributed by atoms with Crippen LogP contribution in [-0.2, 0) is 11.4 Å². The lowest BCUT2D eigenvalue weighted by atomic mass is 10.4. The van der Waals surface area contributed by atoms with Crippen molar-refractivity contribution in [1.29, 1.82) is 0 Å². The lowest BCUT2D eigenvalue weighted by Crippen LogP contribution is -2.00. The summed E-state index contributed by atoms with van der Waals surface area (Å²) in [5.74, 6) is 4.84. The van der Waals surface area contributed by atoms with Gasteiger partial charge in [0.2, 0.25) is 0 Å². The normalized spacial score (nSPS) is 10.0. The fraction of sp³-hybridized carbons (Fsp3) is 0.400. The number of aryl methyl sites for hydroxylation is 1. The topological polar surface area (TPSA) is 63.9 Å². The maximum atomic E-state index is 4.84. The van der Waals surface area contributed by atoms with Gasteiger partial charge in [0.1, 0.15) is 6.61 Å². The highest BCUT2D eigenvalue weighted by atomic mass is 16.6. The molecule has 0 radical (unpaired) electrons. The van der Waals surface area contributed by atoms with Crippen LogP contribution in [0, 0.1) is 6.92 Å². The summed E-state index contributed by atoms with van der Waals surface area (Å²) in [6.07, 6.45) is 1.61. The van der Waals surface area contributed by atoms with Gasteiger partial charge in [-0.25, -0.2) is 10.9 Å². The molecule has 0 atom stereocenters. The van der Waals surface area contributed by atoms with Gasteiger partial charge in [0, 0.05) is 0 Å². The third-order valence-corrected chi connectivity index (χ3v) is 1.16. The third-order valence-electron chi connectivity index (χ3n) is 1.16. The molecule has 1 rings (SSSR count). The van der Waals surface area contributed by atoms with E-state index < -0.39 is 0 Å². The van der Waals surface area contributed by atoms with Crippen LogP contribution in [0.5, 0.6) is 0 Å². The molecule has 0 aromatic carbocycles. The molecule has 0 aliphatic heterocycles. The van der Waals surface area contributed by atoms with E-state index in [1.807, 2.05) is 6.92 Å². The number of hydrogen-bond donors (Lipinski definition) is 2. The summed E-state index contributed by atoms with van der Waals surface area (Å²) in [6.45, 7) is 2.29. The molecule has 1 aromatic heterocycles. The van der Waals surface area contributed by atoms with Crippen molar-refractivity contribution < 1.29 is 4.84 Å². The first-order chi connectivity index (χ1) is 4.34. The Bertz CT molecular complexity index is 184. The molecular weight excluding hydrogens is 118 g/mol. The minimum atomic E-state index is 0.395. The Hall–Kier alpha value is -0.870. The molecule has 0 bridgehead atoms. The molecule has 0 saturated carbocycles. The molecule has 4 nitrogen and oxygen atoms in total. The first-order valence-corrected chi connectivity index (χ1v) is 2.65. The van der Waals surface area contributed by atoms with Gasteiger partial charge < -0.3 is 4.98 Å². The number of imidazole rings is 1. The van der Waals surface area contributed by atoms with Gasteiger partial charge in [0.05, 0.1) is 17.7 Å². The Morgan fingerprint density at radius 1 is 1.89 bits per heavy atom. The fourth-order valence-corrected chi connectivity index (χ4v) is 0.619. The van der Waals surface area contributed by atoms with Crippen LogP contribution in [-0.4, -0.2) is 9.97 Å². The molecular formula is C5H9N3O. The first-order valence-electron chi connectivity index (χ1n) is 2.65.